The minimum Gasteiger partial charge on any atom is -0.344 e. The summed E-state index contributed by atoms with van der Waals surface area (Å²) in [7, 11) is 0. The molecule has 0 saturated heterocycles. The fourth-order valence-corrected chi connectivity index (χ4v) is 5.73. The first kappa shape index (κ1) is 34.0. The van der Waals surface area contributed by atoms with Gasteiger partial charge < -0.3 is 10.3 Å². The average Bonchev–Trinajstić information content (AvgIpc) is 3.68. The highest BCUT2D eigenvalue weighted by Crippen LogP contribution is 2.33. The quantitative estimate of drug-likeness (QED) is 0.126. The van der Waals surface area contributed by atoms with Gasteiger partial charge in [0.1, 0.15) is 5.01 Å². The van der Waals surface area contributed by atoms with Crippen LogP contribution < -0.4 is 5.32 Å². The van der Waals surface area contributed by atoms with Crippen LogP contribution in [0.2, 0.25) is 0 Å². The Balaban J connectivity index is 0.000000489. The zero-order chi connectivity index (χ0) is 31.4. The summed E-state index contributed by atoms with van der Waals surface area (Å²) in [5.74, 6) is 3.42. The molecule has 1 aromatic carbocycles. The number of nitrogens with zero attached hydrogens (tertiary/aromatic N) is 3. The van der Waals surface area contributed by atoms with Crippen molar-refractivity contribution in [3.05, 3.63) is 71.8 Å². The van der Waals surface area contributed by atoms with Crippen LogP contribution >= 0.6 is 11.3 Å². The third-order valence-electron chi connectivity index (χ3n) is 7.45. The van der Waals surface area contributed by atoms with Crippen LogP contribution in [-0.2, 0) is 6.42 Å². The van der Waals surface area contributed by atoms with Gasteiger partial charge in [-0.15, -0.1) is 17.8 Å². The molecule has 5 nitrogen and oxygen atoms in total. The van der Waals surface area contributed by atoms with Crippen molar-refractivity contribution in [2.45, 2.75) is 93.2 Å². The fraction of sp³-hybridized carbons (Fsp3) is 0.432. The average molecular weight is 596 g/mol. The Morgan fingerprint density at radius 3 is 2.35 bits per heavy atom. The SMILES string of the molecule is C#CC(C)/C(=C\C=C/CC)c1nc[nH]c1-c1ccc2ncc(-c3ncc(CC(C)C)s3)cc2c1.CCC(C)NC(C)CC. The molecule has 0 fully saturated rings. The van der Waals surface area contributed by atoms with Crippen LogP contribution in [0.3, 0.4) is 0 Å². The van der Waals surface area contributed by atoms with Crippen LogP contribution in [0.5, 0.6) is 0 Å². The summed E-state index contributed by atoms with van der Waals surface area (Å²) in [5.41, 5.74) is 5.91. The number of imidazole rings is 1. The van der Waals surface area contributed by atoms with Gasteiger partial charge in [-0.2, -0.15) is 0 Å². The van der Waals surface area contributed by atoms with Crippen molar-refractivity contribution in [1.82, 2.24) is 25.3 Å². The van der Waals surface area contributed by atoms with E-state index in [1.165, 1.54) is 17.7 Å². The number of benzene rings is 1. The molecule has 4 aromatic rings. The van der Waals surface area contributed by atoms with Gasteiger partial charge in [-0.3, -0.25) is 4.98 Å². The number of H-pyrrole nitrogens is 1. The minimum absolute atomic E-state index is 0.0535. The summed E-state index contributed by atoms with van der Waals surface area (Å²) in [5, 5.41) is 5.55. The highest BCUT2D eigenvalue weighted by Gasteiger charge is 2.17. The zero-order valence-corrected chi connectivity index (χ0v) is 28.1. The summed E-state index contributed by atoms with van der Waals surface area (Å²) >= 11 is 1.75. The maximum Gasteiger partial charge on any atom is 0.125 e. The predicted octanol–water partition coefficient (Wildman–Crippen LogP) is 9.74. The molecule has 0 aliphatic carbocycles. The number of aromatic nitrogens is 4. The molecular weight excluding hydrogens is 547 g/mol. The topological polar surface area (TPSA) is 66.5 Å². The van der Waals surface area contributed by atoms with Gasteiger partial charge in [-0.1, -0.05) is 64.8 Å². The minimum atomic E-state index is -0.0535. The first-order chi connectivity index (χ1) is 20.7. The normalized spacial score (nSPS) is 14.0. The number of terminal acetylenes is 1. The second-order valence-electron chi connectivity index (χ2n) is 11.6. The first-order valence-corrected chi connectivity index (χ1v) is 16.5. The monoisotopic (exact) mass is 595 g/mol. The van der Waals surface area contributed by atoms with E-state index in [1.54, 1.807) is 17.7 Å². The summed E-state index contributed by atoms with van der Waals surface area (Å²) in [6.45, 7) is 17.5. The maximum absolute atomic E-state index is 5.78. The van der Waals surface area contributed by atoms with Crippen LogP contribution in [0.4, 0.5) is 0 Å². The Morgan fingerprint density at radius 2 is 1.70 bits per heavy atom. The lowest BCUT2D eigenvalue weighted by atomic mass is 9.94. The highest BCUT2D eigenvalue weighted by atomic mass is 32.1. The molecule has 3 heterocycles. The molecule has 3 atom stereocenters. The largest absolute Gasteiger partial charge is 0.344 e. The summed E-state index contributed by atoms with van der Waals surface area (Å²) in [4.78, 5) is 18.6. The van der Waals surface area contributed by atoms with Gasteiger partial charge in [0.15, 0.2) is 0 Å². The predicted molar refractivity (Wildman–Crippen MR) is 187 cm³/mol. The van der Waals surface area contributed by atoms with Gasteiger partial charge in [-0.05, 0) is 76.1 Å². The van der Waals surface area contributed by atoms with Gasteiger partial charge in [0, 0.05) is 51.8 Å². The summed E-state index contributed by atoms with van der Waals surface area (Å²) < 4.78 is 0. The van der Waals surface area contributed by atoms with Crippen molar-refractivity contribution < 1.29 is 0 Å². The summed E-state index contributed by atoms with van der Waals surface area (Å²) in [6.07, 6.45) is 22.1. The molecule has 3 unspecified atom stereocenters. The van der Waals surface area contributed by atoms with E-state index in [0.717, 1.165) is 56.8 Å². The Labute approximate surface area is 263 Å². The van der Waals surface area contributed by atoms with Gasteiger partial charge >= 0.3 is 0 Å². The Kier molecular flexibility index (Phi) is 13.4. The van der Waals surface area contributed by atoms with Crippen molar-refractivity contribution in [3.8, 4) is 34.2 Å². The van der Waals surface area contributed by atoms with E-state index in [4.69, 9.17) is 11.4 Å². The molecule has 43 heavy (non-hydrogen) atoms. The number of hydrogen-bond donors (Lipinski definition) is 2. The van der Waals surface area contributed by atoms with E-state index >= 15 is 0 Å². The number of nitrogens with one attached hydrogen (secondary N) is 2. The number of pyridine rings is 1. The number of aromatic amines is 1. The number of hydrogen-bond acceptors (Lipinski definition) is 5. The molecule has 0 radical (unpaired) electrons. The number of rotatable bonds is 12. The van der Waals surface area contributed by atoms with E-state index in [9.17, 15) is 0 Å². The Hall–Kier alpha value is -3.53. The lowest BCUT2D eigenvalue weighted by Gasteiger charge is -2.16. The van der Waals surface area contributed by atoms with Crippen molar-refractivity contribution in [2.24, 2.45) is 11.8 Å². The van der Waals surface area contributed by atoms with Crippen molar-refractivity contribution in [3.63, 3.8) is 0 Å². The Bertz CT molecular complexity index is 1530. The van der Waals surface area contributed by atoms with Gasteiger partial charge in [0.2, 0.25) is 0 Å². The van der Waals surface area contributed by atoms with E-state index < -0.39 is 0 Å². The molecule has 0 amide bonds. The third kappa shape index (κ3) is 9.74. The van der Waals surface area contributed by atoms with E-state index in [1.807, 2.05) is 19.3 Å². The molecule has 3 aromatic heterocycles. The highest BCUT2D eigenvalue weighted by molar-refractivity contribution is 7.15. The van der Waals surface area contributed by atoms with Crippen LogP contribution in [0.25, 0.3) is 38.3 Å². The number of allylic oxidation sites excluding steroid dienone is 4. The van der Waals surface area contributed by atoms with Crippen molar-refractivity contribution >= 4 is 27.8 Å². The zero-order valence-electron chi connectivity index (χ0n) is 27.2. The molecule has 4 rings (SSSR count). The van der Waals surface area contributed by atoms with Crippen LogP contribution in [0.1, 0.15) is 85.2 Å². The molecule has 0 spiro atoms. The second-order valence-corrected chi connectivity index (χ2v) is 12.7. The Morgan fingerprint density at radius 1 is 0.977 bits per heavy atom. The summed E-state index contributed by atoms with van der Waals surface area (Å²) in [6, 6.07) is 9.82. The van der Waals surface area contributed by atoms with Crippen LogP contribution in [-0.4, -0.2) is 32.0 Å². The third-order valence-corrected chi connectivity index (χ3v) is 8.52. The number of fused-ring (bicyclic) bond motifs is 1. The van der Waals surface area contributed by atoms with Gasteiger partial charge in [-0.25, -0.2) is 9.97 Å². The van der Waals surface area contributed by atoms with E-state index in [0.29, 0.717) is 18.0 Å². The van der Waals surface area contributed by atoms with Crippen LogP contribution in [0.15, 0.2) is 61.2 Å². The van der Waals surface area contributed by atoms with Gasteiger partial charge in [0.05, 0.1) is 23.2 Å². The smallest absolute Gasteiger partial charge is 0.125 e. The molecule has 0 aliphatic rings. The lowest BCUT2D eigenvalue weighted by Crippen LogP contribution is -2.33. The second kappa shape index (κ2) is 16.9. The molecule has 6 heteroatoms. The first-order valence-electron chi connectivity index (χ1n) is 15.7. The van der Waals surface area contributed by atoms with Crippen LogP contribution in [0, 0.1) is 24.2 Å². The molecule has 2 N–H and O–H groups in total. The van der Waals surface area contributed by atoms with Gasteiger partial charge in [0.25, 0.3) is 0 Å². The maximum atomic E-state index is 5.78. The molecule has 228 valence electrons. The molecule has 0 saturated carbocycles. The lowest BCUT2D eigenvalue weighted by molar-refractivity contribution is 0.449. The van der Waals surface area contributed by atoms with Crippen molar-refractivity contribution in [2.75, 3.05) is 0 Å². The molecular formula is C37H49N5S. The van der Waals surface area contributed by atoms with E-state index in [-0.39, 0.29) is 5.92 Å². The van der Waals surface area contributed by atoms with Crippen molar-refractivity contribution in [1.29, 1.82) is 0 Å². The molecule has 0 aliphatic heterocycles. The molecule has 0 bridgehead atoms. The fourth-order valence-electron chi connectivity index (χ4n) is 4.62. The standard InChI is InChI=1S/C29H30N4S.C8H19N/c1-6-8-9-10-25(20(5)7-2)28-27(32-18-33-28)21-11-12-26-22(14-21)15-23(16-30-26)29-31-17-24(34-29)13-19(3)4;1-5-7(3)9-8(4)6-2/h2,8-12,14-20H,6,13H2,1,3-5H3,(H,32,33);7-9H,5-6H2,1-4H3/b9-8-,25-10+;. The number of thiazole rings is 1. The van der Waals surface area contributed by atoms with E-state index in [2.05, 4.69) is 117 Å².